The summed E-state index contributed by atoms with van der Waals surface area (Å²) in [6.07, 6.45) is 0. The van der Waals surface area contributed by atoms with Crippen LogP contribution in [0.15, 0.2) is 127 Å². The summed E-state index contributed by atoms with van der Waals surface area (Å²) in [7, 11) is 0. The van der Waals surface area contributed by atoms with Crippen LogP contribution >= 0.6 is 0 Å². The SMILES string of the molecule is CC1(C)c2cc3ccccc3cc2-c2cc3c4ccccc4n(-c4nc5ccccc5n4-c4ccccc4)c3cc21. The maximum atomic E-state index is 5.26. The highest BCUT2D eigenvalue weighted by Gasteiger charge is 2.37. The third-order valence-corrected chi connectivity index (χ3v) is 9.09. The van der Waals surface area contributed by atoms with Crippen molar-refractivity contribution >= 4 is 43.6 Å². The van der Waals surface area contributed by atoms with Gasteiger partial charge in [0.15, 0.2) is 0 Å². The molecule has 0 radical (unpaired) electrons. The third-order valence-electron chi connectivity index (χ3n) is 9.09. The van der Waals surface area contributed by atoms with E-state index in [2.05, 4.69) is 150 Å². The molecule has 0 aliphatic heterocycles. The fourth-order valence-corrected chi connectivity index (χ4v) is 7.09. The first kappa shape index (κ1) is 22.6. The molecule has 0 saturated heterocycles. The molecule has 1 aliphatic carbocycles. The van der Waals surface area contributed by atoms with Crippen LogP contribution in [0, 0.1) is 0 Å². The van der Waals surface area contributed by atoms with Gasteiger partial charge in [0.25, 0.3) is 0 Å². The van der Waals surface area contributed by atoms with Gasteiger partial charge in [0, 0.05) is 21.9 Å². The van der Waals surface area contributed by atoms with E-state index in [4.69, 9.17) is 4.98 Å². The zero-order valence-corrected chi connectivity index (χ0v) is 23.0. The van der Waals surface area contributed by atoms with Gasteiger partial charge in [0.1, 0.15) is 0 Å². The van der Waals surface area contributed by atoms with Crippen LogP contribution in [-0.4, -0.2) is 14.1 Å². The van der Waals surface area contributed by atoms with Crippen LogP contribution in [0.3, 0.4) is 0 Å². The van der Waals surface area contributed by atoms with E-state index >= 15 is 0 Å². The smallest absolute Gasteiger partial charge is 0.220 e. The number of hydrogen-bond acceptors (Lipinski definition) is 1. The zero-order valence-electron chi connectivity index (χ0n) is 23.0. The molecule has 6 aromatic carbocycles. The third kappa shape index (κ3) is 3.01. The first-order valence-electron chi connectivity index (χ1n) is 14.2. The Kier molecular flexibility index (Phi) is 4.39. The Morgan fingerprint density at radius 3 is 1.98 bits per heavy atom. The highest BCUT2D eigenvalue weighted by Crippen LogP contribution is 2.52. The average molecular weight is 526 g/mol. The molecule has 2 aromatic heterocycles. The van der Waals surface area contributed by atoms with E-state index in [0.717, 1.165) is 28.2 Å². The van der Waals surface area contributed by atoms with Gasteiger partial charge in [-0.05, 0) is 87.6 Å². The summed E-state index contributed by atoms with van der Waals surface area (Å²) in [5, 5.41) is 5.07. The molecule has 0 saturated carbocycles. The molecule has 8 aromatic rings. The van der Waals surface area contributed by atoms with Crippen LogP contribution in [0.4, 0.5) is 0 Å². The van der Waals surface area contributed by atoms with Crippen molar-refractivity contribution in [2.75, 3.05) is 0 Å². The van der Waals surface area contributed by atoms with Crippen molar-refractivity contribution in [2.45, 2.75) is 19.3 Å². The maximum absolute atomic E-state index is 5.26. The topological polar surface area (TPSA) is 22.8 Å². The molecule has 0 amide bonds. The molecule has 0 bridgehead atoms. The van der Waals surface area contributed by atoms with E-state index < -0.39 is 0 Å². The quantitative estimate of drug-likeness (QED) is 0.220. The Morgan fingerprint density at radius 2 is 1.15 bits per heavy atom. The van der Waals surface area contributed by atoms with Gasteiger partial charge in [0.2, 0.25) is 5.95 Å². The van der Waals surface area contributed by atoms with Crippen molar-refractivity contribution in [3.8, 4) is 22.8 Å². The lowest BCUT2D eigenvalue weighted by molar-refractivity contribution is 0.661. The largest absolute Gasteiger partial charge is 0.279 e. The Bertz CT molecular complexity index is 2330. The van der Waals surface area contributed by atoms with Crippen molar-refractivity contribution in [1.29, 1.82) is 0 Å². The summed E-state index contributed by atoms with van der Waals surface area (Å²) in [6, 6.07) is 46.1. The molecule has 2 heterocycles. The summed E-state index contributed by atoms with van der Waals surface area (Å²) < 4.78 is 4.66. The van der Waals surface area contributed by atoms with Crippen molar-refractivity contribution in [3.63, 3.8) is 0 Å². The molecule has 1 aliphatic rings. The number of nitrogens with zero attached hydrogens (tertiary/aromatic N) is 3. The summed E-state index contributed by atoms with van der Waals surface area (Å²) in [4.78, 5) is 5.26. The number of para-hydroxylation sites is 4. The predicted octanol–water partition coefficient (Wildman–Crippen LogP) is 9.58. The van der Waals surface area contributed by atoms with Crippen LogP contribution in [0.2, 0.25) is 0 Å². The zero-order chi connectivity index (χ0) is 27.3. The Labute approximate surface area is 237 Å². The lowest BCUT2D eigenvalue weighted by Crippen LogP contribution is -2.15. The summed E-state index contributed by atoms with van der Waals surface area (Å²) >= 11 is 0. The highest BCUT2D eigenvalue weighted by molar-refractivity contribution is 6.12. The van der Waals surface area contributed by atoms with Gasteiger partial charge >= 0.3 is 0 Å². The van der Waals surface area contributed by atoms with E-state index in [9.17, 15) is 0 Å². The van der Waals surface area contributed by atoms with Crippen molar-refractivity contribution in [1.82, 2.24) is 14.1 Å². The number of rotatable bonds is 2. The summed E-state index contributed by atoms with van der Waals surface area (Å²) in [5.74, 6) is 0.905. The first-order valence-corrected chi connectivity index (χ1v) is 14.2. The minimum atomic E-state index is -0.121. The number of fused-ring (bicyclic) bond motifs is 8. The predicted molar refractivity (Wildman–Crippen MR) is 170 cm³/mol. The number of benzene rings is 6. The molecule has 194 valence electrons. The standard InChI is InChI=1S/C38H27N3/c1-38(2)31-21-25-13-7-6-12-24(25)20-28(31)29-22-30-27-16-8-10-18-34(27)41(36(30)23-32(29)38)37-39-33-17-9-11-19-35(33)40(37)26-14-4-3-5-15-26/h3-23H,1-2H3. The minimum Gasteiger partial charge on any atom is -0.279 e. The van der Waals surface area contributed by atoms with Crippen LogP contribution in [0.5, 0.6) is 0 Å². The molecule has 0 fully saturated rings. The normalized spacial score (nSPS) is 13.8. The molecule has 3 heteroatoms. The van der Waals surface area contributed by atoms with Crippen molar-refractivity contribution < 1.29 is 0 Å². The van der Waals surface area contributed by atoms with Gasteiger partial charge in [-0.2, -0.15) is 0 Å². The molecular formula is C38H27N3. The fourth-order valence-electron chi connectivity index (χ4n) is 7.09. The van der Waals surface area contributed by atoms with E-state index in [1.54, 1.807) is 0 Å². The van der Waals surface area contributed by atoms with Crippen LogP contribution in [0.1, 0.15) is 25.0 Å². The van der Waals surface area contributed by atoms with Crippen LogP contribution in [0.25, 0.3) is 66.4 Å². The molecule has 3 nitrogen and oxygen atoms in total. The maximum Gasteiger partial charge on any atom is 0.220 e. The molecule has 0 unspecified atom stereocenters. The lowest BCUT2D eigenvalue weighted by atomic mass is 9.81. The van der Waals surface area contributed by atoms with Crippen molar-refractivity contribution in [2.24, 2.45) is 0 Å². The van der Waals surface area contributed by atoms with Crippen LogP contribution in [-0.2, 0) is 5.41 Å². The van der Waals surface area contributed by atoms with Gasteiger partial charge in [-0.15, -0.1) is 0 Å². The molecule has 0 spiro atoms. The molecule has 9 rings (SSSR count). The van der Waals surface area contributed by atoms with Gasteiger partial charge in [0.05, 0.1) is 22.1 Å². The average Bonchev–Trinajstić information content (AvgIpc) is 3.61. The second kappa shape index (κ2) is 7.96. The van der Waals surface area contributed by atoms with E-state index in [1.165, 1.54) is 49.3 Å². The monoisotopic (exact) mass is 525 g/mol. The molecular weight excluding hydrogens is 498 g/mol. The summed E-state index contributed by atoms with van der Waals surface area (Å²) in [5.41, 5.74) is 10.8. The number of imidazole rings is 1. The molecule has 0 N–H and O–H groups in total. The molecule has 41 heavy (non-hydrogen) atoms. The van der Waals surface area contributed by atoms with Gasteiger partial charge in [-0.25, -0.2) is 4.98 Å². The van der Waals surface area contributed by atoms with Crippen molar-refractivity contribution in [3.05, 3.63) is 139 Å². The van der Waals surface area contributed by atoms with Gasteiger partial charge < -0.3 is 0 Å². The van der Waals surface area contributed by atoms with E-state index in [-0.39, 0.29) is 5.41 Å². The summed E-state index contributed by atoms with van der Waals surface area (Å²) in [6.45, 7) is 4.73. The van der Waals surface area contributed by atoms with Gasteiger partial charge in [-0.3, -0.25) is 9.13 Å². The number of aromatic nitrogens is 3. The fraction of sp³-hybridized carbons (Fsp3) is 0.0789. The highest BCUT2D eigenvalue weighted by atomic mass is 15.2. The van der Waals surface area contributed by atoms with Crippen LogP contribution < -0.4 is 0 Å². The second-order valence-corrected chi connectivity index (χ2v) is 11.7. The number of hydrogen-bond donors (Lipinski definition) is 0. The Morgan fingerprint density at radius 1 is 0.512 bits per heavy atom. The lowest BCUT2D eigenvalue weighted by Gasteiger charge is -2.22. The first-order chi connectivity index (χ1) is 20.1. The molecule has 0 atom stereocenters. The Hall–Kier alpha value is -5.15. The minimum absolute atomic E-state index is 0.121. The Balaban J connectivity index is 1.41. The van der Waals surface area contributed by atoms with Gasteiger partial charge in [-0.1, -0.05) is 86.6 Å². The second-order valence-electron chi connectivity index (χ2n) is 11.7. The van der Waals surface area contributed by atoms with E-state index in [0.29, 0.717) is 0 Å². The van der Waals surface area contributed by atoms with E-state index in [1.807, 2.05) is 0 Å².